The lowest BCUT2D eigenvalue weighted by molar-refractivity contribution is 0.0600. The Labute approximate surface area is 185 Å². The van der Waals surface area contributed by atoms with Gasteiger partial charge in [0.25, 0.3) is 0 Å². The standard InChI is InChI=1S/C27H46O3/c1-3-4-5-6-7-8-9-10-11-12-13-14-15-16-17-18-19-24-30-26-22-20-25(21-23-26)27(28)29-2/h20-23H,3-19,24H2,1-2H3. The third kappa shape index (κ3) is 14.5. The van der Waals surface area contributed by atoms with E-state index in [-0.39, 0.29) is 5.97 Å². The van der Waals surface area contributed by atoms with Gasteiger partial charge in [0.1, 0.15) is 5.75 Å². The molecule has 1 aromatic carbocycles. The molecule has 0 aliphatic carbocycles. The molecule has 0 radical (unpaired) electrons. The van der Waals surface area contributed by atoms with E-state index in [1.54, 1.807) is 12.1 Å². The summed E-state index contributed by atoms with van der Waals surface area (Å²) in [4.78, 5) is 11.4. The average Bonchev–Trinajstić information content (AvgIpc) is 2.78. The minimum atomic E-state index is -0.310. The van der Waals surface area contributed by atoms with Gasteiger partial charge in [-0.3, -0.25) is 0 Å². The van der Waals surface area contributed by atoms with Crippen molar-refractivity contribution in [2.24, 2.45) is 0 Å². The van der Waals surface area contributed by atoms with Crippen LogP contribution >= 0.6 is 0 Å². The molecule has 0 aromatic heterocycles. The smallest absolute Gasteiger partial charge is 0.337 e. The first-order valence-corrected chi connectivity index (χ1v) is 12.6. The minimum Gasteiger partial charge on any atom is -0.494 e. The molecule has 0 atom stereocenters. The number of hydrogen-bond acceptors (Lipinski definition) is 3. The largest absolute Gasteiger partial charge is 0.494 e. The summed E-state index contributed by atoms with van der Waals surface area (Å²) in [6.45, 7) is 3.03. The van der Waals surface area contributed by atoms with Gasteiger partial charge in [0.05, 0.1) is 19.3 Å². The van der Waals surface area contributed by atoms with Crippen molar-refractivity contribution in [1.29, 1.82) is 0 Å². The van der Waals surface area contributed by atoms with Gasteiger partial charge in [0, 0.05) is 0 Å². The molecule has 0 aliphatic rings. The molecule has 172 valence electrons. The van der Waals surface area contributed by atoms with Crippen LogP contribution < -0.4 is 4.74 Å². The van der Waals surface area contributed by atoms with Gasteiger partial charge in [-0.1, -0.05) is 110 Å². The number of methoxy groups -OCH3 is 1. The SMILES string of the molecule is CCCCCCCCCCCCCCCCCCCOc1ccc(C(=O)OC)cc1. The van der Waals surface area contributed by atoms with Gasteiger partial charge in [-0.2, -0.15) is 0 Å². The lowest BCUT2D eigenvalue weighted by atomic mass is 10.0. The van der Waals surface area contributed by atoms with Crippen molar-refractivity contribution in [3.05, 3.63) is 29.8 Å². The van der Waals surface area contributed by atoms with Crippen LogP contribution in [-0.2, 0) is 4.74 Å². The molecular formula is C27H46O3. The van der Waals surface area contributed by atoms with Crippen molar-refractivity contribution >= 4 is 5.97 Å². The molecule has 0 spiro atoms. The maximum Gasteiger partial charge on any atom is 0.337 e. The number of carbonyl (C=O) groups excluding carboxylic acids is 1. The van der Waals surface area contributed by atoms with Crippen LogP contribution in [0.5, 0.6) is 5.75 Å². The first kappa shape index (κ1) is 26.5. The Morgan fingerprint density at radius 1 is 0.633 bits per heavy atom. The molecule has 3 nitrogen and oxygen atoms in total. The van der Waals surface area contributed by atoms with E-state index in [9.17, 15) is 4.79 Å². The Morgan fingerprint density at radius 3 is 1.43 bits per heavy atom. The van der Waals surface area contributed by atoms with E-state index in [0.717, 1.165) is 18.8 Å². The van der Waals surface area contributed by atoms with Crippen LogP contribution in [0.25, 0.3) is 0 Å². The van der Waals surface area contributed by atoms with E-state index in [1.807, 2.05) is 12.1 Å². The van der Waals surface area contributed by atoms with E-state index < -0.39 is 0 Å². The minimum absolute atomic E-state index is 0.310. The van der Waals surface area contributed by atoms with Crippen LogP contribution in [-0.4, -0.2) is 19.7 Å². The van der Waals surface area contributed by atoms with Gasteiger partial charge in [-0.25, -0.2) is 4.79 Å². The molecule has 30 heavy (non-hydrogen) atoms. The third-order valence-electron chi connectivity index (χ3n) is 5.79. The number of ether oxygens (including phenoxy) is 2. The lowest BCUT2D eigenvalue weighted by Gasteiger charge is -2.07. The number of unbranched alkanes of at least 4 members (excludes halogenated alkanes) is 16. The molecule has 0 amide bonds. The number of carbonyl (C=O) groups is 1. The maximum absolute atomic E-state index is 11.4. The molecule has 1 rings (SSSR count). The van der Waals surface area contributed by atoms with Crippen LogP contribution in [0.1, 0.15) is 126 Å². The Kier molecular flexibility index (Phi) is 17.2. The second-order valence-corrected chi connectivity index (χ2v) is 8.52. The van der Waals surface area contributed by atoms with E-state index in [4.69, 9.17) is 9.47 Å². The number of rotatable bonds is 20. The number of hydrogen-bond donors (Lipinski definition) is 0. The van der Waals surface area contributed by atoms with E-state index in [1.165, 1.54) is 110 Å². The molecule has 0 fully saturated rings. The van der Waals surface area contributed by atoms with E-state index >= 15 is 0 Å². The summed E-state index contributed by atoms with van der Waals surface area (Å²) < 4.78 is 10.4. The summed E-state index contributed by atoms with van der Waals surface area (Å²) in [5.74, 6) is 0.508. The van der Waals surface area contributed by atoms with Crippen LogP contribution in [0.4, 0.5) is 0 Å². The average molecular weight is 419 g/mol. The fourth-order valence-electron chi connectivity index (χ4n) is 3.82. The predicted octanol–water partition coefficient (Wildman–Crippen LogP) is 8.50. The molecule has 0 saturated heterocycles. The quantitative estimate of drug-likeness (QED) is 0.157. The molecule has 3 heteroatoms. The predicted molar refractivity (Wildman–Crippen MR) is 127 cm³/mol. The summed E-state index contributed by atoms with van der Waals surface area (Å²) in [5.41, 5.74) is 0.558. The van der Waals surface area contributed by atoms with E-state index in [2.05, 4.69) is 6.92 Å². The second-order valence-electron chi connectivity index (χ2n) is 8.52. The first-order chi connectivity index (χ1) is 14.8. The zero-order valence-corrected chi connectivity index (χ0v) is 19.8. The number of benzene rings is 1. The summed E-state index contributed by atoms with van der Waals surface area (Å²) in [5, 5.41) is 0. The van der Waals surface area contributed by atoms with Gasteiger partial charge < -0.3 is 9.47 Å². The van der Waals surface area contributed by atoms with Gasteiger partial charge in [0.15, 0.2) is 0 Å². The highest BCUT2D eigenvalue weighted by Crippen LogP contribution is 2.15. The van der Waals surface area contributed by atoms with Crippen molar-refractivity contribution in [2.75, 3.05) is 13.7 Å². The molecule has 1 aromatic rings. The second kappa shape index (κ2) is 19.5. The highest BCUT2D eigenvalue weighted by atomic mass is 16.5. The highest BCUT2D eigenvalue weighted by molar-refractivity contribution is 5.89. The van der Waals surface area contributed by atoms with Crippen LogP contribution in [0, 0.1) is 0 Å². The van der Waals surface area contributed by atoms with Gasteiger partial charge in [0.2, 0.25) is 0 Å². The van der Waals surface area contributed by atoms with Crippen LogP contribution in [0.15, 0.2) is 24.3 Å². The molecule has 0 aliphatic heterocycles. The normalized spacial score (nSPS) is 10.9. The Balaban J connectivity index is 1.80. The summed E-state index contributed by atoms with van der Waals surface area (Å²) in [6.07, 6.45) is 23.5. The topological polar surface area (TPSA) is 35.5 Å². The zero-order valence-electron chi connectivity index (χ0n) is 19.8. The third-order valence-corrected chi connectivity index (χ3v) is 5.79. The summed E-state index contributed by atoms with van der Waals surface area (Å²) in [6, 6.07) is 7.16. The summed E-state index contributed by atoms with van der Waals surface area (Å²) in [7, 11) is 1.39. The molecule has 0 saturated carbocycles. The van der Waals surface area contributed by atoms with Gasteiger partial charge in [-0.15, -0.1) is 0 Å². The summed E-state index contributed by atoms with van der Waals surface area (Å²) >= 11 is 0. The Morgan fingerprint density at radius 2 is 1.03 bits per heavy atom. The van der Waals surface area contributed by atoms with Crippen LogP contribution in [0.2, 0.25) is 0 Å². The van der Waals surface area contributed by atoms with E-state index in [0.29, 0.717) is 5.56 Å². The van der Waals surface area contributed by atoms with Crippen molar-refractivity contribution < 1.29 is 14.3 Å². The monoisotopic (exact) mass is 418 g/mol. The Hall–Kier alpha value is -1.51. The molecule has 0 heterocycles. The number of esters is 1. The fraction of sp³-hybridized carbons (Fsp3) is 0.741. The van der Waals surface area contributed by atoms with Crippen molar-refractivity contribution in [3.8, 4) is 5.75 Å². The van der Waals surface area contributed by atoms with Gasteiger partial charge >= 0.3 is 5.97 Å². The highest BCUT2D eigenvalue weighted by Gasteiger charge is 2.04. The molecule has 0 bridgehead atoms. The Bertz CT molecular complexity index is 509. The zero-order chi connectivity index (χ0) is 21.7. The maximum atomic E-state index is 11.4. The molecular weight excluding hydrogens is 372 g/mol. The molecule has 0 N–H and O–H groups in total. The lowest BCUT2D eigenvalue weighted by Crippen LogP contribution is -2.01. The van der Waals surface area contributed by atoms with Crippen molar-refractivity contribution in [1.82, 2.24) is 0 Å². The molecule has 0 unspecified atom stereocenters. The fourth-order valence-corrected chi connectivity index (χ4v) is 3.82. The van der Waals surface area contributed by atoms with Crippen molar-refractivity contribution in [3.63, 3.8) is 0 Å². The van der Waals surface area contributed by atoms with Gasteiger partial charge in [-0.05, 0) is 30.7 Å². The van der Waals surface area contributed by atoms with Crippen LogP contribution in [0.3, 0.4) is 0 Å². The van der Waals surface area contributed by atoms with Crippen molar-refractivity contribution in [2.45, 2.75) is 116 Å². The first-order valence-electron chi connectivity index (χ1n) is 12.6.